The summed E-state index contributed by atoms with van der Waals surface area (Å²) in [6, 6.07) is 95.6. The SMILES string of the molecule is c1ccc(-c2cccc(-c3cccc(-c4ccc(-c5nc(-c6ccc(-c7cccc(-c8cc(-c9ccccc9)cc(-c9ccccc9)c8)c7)cc6)nc6ccc7ccccc7c56)cc4)c3)c2)cc1. The Kier molecular flexibility index (Phi) is 10.6. The zero-order valence-corrected chi connectivity index (χ0v) is 37.3. The van der Waals surface area contributed by atoms with Crippen LogP contribution in [0.25, 0.3) is 122 Å². The Hall–Kier alpha value is -8.98. The van der Waals surface area contributed by atoms with E-state index in [2.05, 4.69) is 267 Å². The van der Waals surface area contributed by atoms with Crippen LogP contribution in [0.2, 0.25) is 0 Å². The van der Waals surface area contributed by atoms with Gasteiger partial charge < -0.3 is 0 Å². The monoisotopic (exact) mass is 864 g/mol. The van der Waals surface area contributed by atoms with Crippen molar-refractivity contribution in [3.8, 4) is 101 Å². The van der Waals surface area contributed by atoms with E-state index in [0.29, 0.717) is 5.82 Å². The average Bonchev–Trinajstić information content (AvgIpc) is 3.43. The van der Waals surface area contributed by atoms with Crippen LogP contribution < -0.4 is 0 Å². The molecule has 0 atom stereocenters. The lowest BCUT2D eigenvalue weighted by Gasteiger charge is -2.14. The van der Waals surface area contributed by atoms with E-state index in [1.165, 1.54) is 61.2 Å². The highest BCUT2D eigenvalue weighted by atomic mass is 14.9. The molecule has 0 spiro atoms. The predicted molar refractivity (Wildman–Crippen MR) is 286 cm³/mol. The van der Waals surface area contributed by atoms with Gasteiger partial charge in [-0.3, -0.25) is 0 Å². The fourth-order valence-corrected chi connectivity index (χ4v) is 9.53. The van der Waals surface area contributed by atoms with Gasteiger partial charge in [-0.15, -0.1) is 0 Å². The standard InChI is InChI=1S/C66H44N2/c1-4-15-45(16-5-1)53-22-12-25-56(39-53)57-26-13-23-54(40-57)48-29-33-51(34-30-48)65-64-62-28-11-10-21-50(62)37-38-63(64)67-66(68-65)52-35-31-49(32-36-52)55-24-14-27-58(41-55)61-43-59(46-17-6-2-7-18-46)42-60(44-61)47-19-8-3-9-20-47/h1-44H. The largest absolute Gasteiger partial charge is 0.228 e. The predicted octanol–water partition coefficient (Wildman–Crippen LogP) is 17.8. The lowest BCUT2D eigenvalue weighted by Crippen LogP contribution is -1.96. The van der Waals surface area contributed by atoms with Crippen molar-refractivity contribution in [1.29, 1.82) is 0 Å². The van der Waals surface area contributed by atoms with Crippen molar-refractivity contribution < 1.29 is 0 Å². The van der Waals surface area contributed by atoms with Gasteiger partial charge in [0, 0.05) is 16.5 Å². The smallest absolute Gasteiger partial charge is 0.160 e. The van der Waals surface area contributed by atoms with E-state index >= 15 is 0 Å². The van der Waals surface area contributed by atoms with Crippen LogP contribution in [0.5, 0.6) is 0 Å². The highest BCUT2D eigenvalue weighted by Gasteiger charge is 2.16. The molecule has 0 radical (unpaired) electrons. The summed E-state index contributed by atoms with van der Waals surface area (Å²) in [5, 5.41) is 3.36. The number of hydrogen-bond donors (Lipinski definition) is 0. The maximum Gasteiger partial charge on any atom is 0.160 e. The summed E-state index contributed by atoms with van der Waals surface area (Å²) in [4.78, 5) is 10.6. The van der Waals surface area contributed by atoms with Crippen LogP contribution >= 0.6 is 0 Å². The van der Waals surface area contributed by atoms with E-state index in [-0.39, 0.29) is 0 Å². The van der Waals surface area contributed by atoms with Crippen molar-refractivity contribution in [2.75, 3.05) is 0 Å². The summed E-state index contributed by atoms with van der Waals surface area (Å²) in [5.41, 5.74) is 20.4. The maximum absolute atomic E-state index is 5.39. The topological polar surface area (TPSA) is 25.8 Å². The van der Waals surface area contributed by atoms with Crippen molar-refractivity contribution in [1.82, 2.24) is 9.97 Å². The average molecular weight is 865 g/mol. The fourth-order valence-electron chi connectivity index (χ4n) is 9.53. The molecule has 1 aromatic heterocycles. The van der Waals surface area contributed by atoms with Gasteiger partial charge >= 0.3 is 0 Å². The van der Waals surface area contributed by atoms with Gasteiger partial charge in [0.15, 0.2) is 5.82 Å². The third-order valence-corrected chi connectivity index (χ3v) is 13.1. The van der Waals surface area contributed by atoms with Gasteiger partial charge in [0.1, 0.15) is 0 Å². The number of hydrogen-bond acceptors (Lipinski definition) is 2. The molecule has 2 heteroatoms. The van der Waals surface area contributed by atoms with Crippen molar-refractivity contribution in [3.63, 3.8) is 0 Å². The number of nitrogens with zero attached hydrogens (tertiary/aromatic N) is 2. The van der Waals surface area contributed by atoms with Crippen LogP contribution in [-0.4, -0.2) is 9.97 Å². The number of benzene rings is 11. The molecule has 0 amide bonds. The van der Waals surface area contributed by atoms with Crippen molar-refractivity contribution >= 4 is 21.7 Å². The van der Waals surface area contributed by atoms with Gasteiger partial charge in [-0.05, 0) is 131 Å². The number of fused-ring (bicyclic) bond motifs is 3. The minimum atomic E-state index is 0.698. The van der Waals surface area contributed by atoms with E-state index < -0.39 is 0 Å². The Balaban J connectivity index is 0.878. The first-order valence-electron chi connectivity index (χ1n) is 23.2. The summed E-state index contributed by atoms with van der Waals surface area (Å²) in [5.74, 6) is 0.698. The highest BCUT2D eigenvalue weighted by molar-refractivity contribution is 6.12. The quantitative estimate of drug-likeness (QED) is 0.135. The van der Waals surface area contributed by atoms with Crippen molar-refractivity contribution in [2.45, 2.75) is 0 Å². The number of rotatable bonds is 9. The first-order valence-corrected chi connectivity index (χ1v) is 23.2. The summed E-state index contributed by atoms with van der Waals surface area (Å²) in [6.45, 7) is 0. The molecule has 0 fully saturated rings. The molecular weight excluding hydrogens is 821 g/mol. The second kappa shape index (κ2) is 17.8. The van der Waals surface area contributed by atoms with Crippen LogP contribution in [0.3, 0.4) is 0 Å². The molecule has 0 saturated carbocycles. The molecule has 0 aliphatic heterocycles. The highest BCUT2D eigenvalue weighted by Crippen LogP contribution is 2.38. The Labute approximate surface area is 397 Å². The molecule has 318 valence electrons. The zero-order chi connectivity index (χ0) is 45.2. The van der Waals surface area contributed by atoms with Crippen molar-refractivity contribution in [3.05, 3.63) is 267 Å². The molecule has 11 aromatic carbocycles. The summed E-state index contributed by atoms with van der Waals surface area (Å²) in [7, 11) is 0. The van der Waals surface area contributed by atoms with E-state index in [9.17, 15) is 0 Å². The minimum absolute atomic E-state index is 0.698. The minimum Gasteiger partial charge on any atom is -0.228 e. The Morgan fingerprint density at radius 2 is 0.544 bits per heavy atom. The van der Waals surface area contributed by atoms with Crippen LogP contribution in [0.15, 0.2) is 267 Å². The first kappa shape index (κ1) is 40.5. The van der Waals surface area contributed by atoms with E-state index in [0.717, 1.165) is 55.2 Å². The van der Waals surface area contributed by atoms with Gasteiger partial charge in [-0.25, -0.2) is 9.97 Å². The van der Waals surface area contributed by atoms with E-state index in [1.54, 1.807) is 0 Å². The summed E-state index contributed by atoms with van der Waals surface area (Å²) >= 11 is 0. The van der Waals surface area contributed by atoms with Crippen LogP contribution in [0, 0.1) is 0 Å². The molecule has 0 aliphatic carbocycles. The molecule has 68 heavy (non-hydrogen) atoms. The lowest BCUT2D eigenvalue weighted by molar-refractivity contribution is 1.23. The molecule has 0 unspecified atom stereocenters. The normalized spacial score (nSPS) is 11.2. The molecule has 0 aliphatic rings. The van der Waals surface area contributed by atoms with E-state index in [1.807, 2.05) is 0 Å². The maximum atomic E-state index is 5.39. The second-order valence-corrected chi connectivity index (χ2v) is 17.4. The molecule has 0 N–H and O–H groups in total. The van der Waals surface area contributed by atoms with Crippen LogP contribution in [0.4, 0.5) is 0 Å². The Morgan fingerprint density at radius 1 is 0.206 bits per heavy atom. The van der Waals surface area contributed by atoms with Crippen LogP contribution in [0.1, 0.15) is 0 Å². The lowest BCUT2D eigenvalue weighted by atomic mass is 9.92. The van der Waals surface area contributed by atoms with Gasteiger partial charge in [-0.1, -0.05) is 224 Å². The third-order valence-electron chi connectivity index (χ3n) is 13.1. The molecule has 1 heterocycles. The third kappa shape index (κ3) is 8.06. The van der Waals surface area contributed by atoms with Crippen LogP contribution in [-0.2, 0) is 0 Å². The summed E-state index contributed by atoms with van der Waals surface area (Å²) in [6.07, 6.45) is 0. The van der Waals surface area contributed by atoms with Gasteiger partial charge in [0.05, 0.1) is 11.2 Å². The van der Waals surface area contributed by atoms with Gasteiger partial charge in [0.25, 0.3) is 0 Å². The molecule has 0 bridgehead atoms. The molecule has 2 nitrogen and oxygen atoms in total. The Morgan fingerprint density at radius 3 is 1.04 bits per heavy atom. The second-order valence-electron chi connectivity index (χ2n) is 17.4. The van der Waals surface area contributed by atoms with E-state index in [4.69, 9.17) is 9.97 Å². The zero-order valence-electron chi connectivity index (χ0n) is 37.3. The van der Waals surface area contributed by atoms with Gasteiger partial charge in [0.2, 0.25) is 0 Å². The number of aromatic nitrogens is 2. The van der Waals surface area contributed by atoms with Crippen molar-refractivity contribution in [2.24, 2.45) is 0 Å². The molecule has 12 aromatic rings. The first-order chi connectivity index (χ1) is 33.7. The molecule has 12 rings (SSSR count). The summed E-state index contributed by atoms with van der Waals surface area (Å²) < 4.78 is 0. The molecular formula is C66H44N2. The Bertz CT molecular complexity index is 3690. The fraction of sp³-hybridized carbons (Fsp3) is 0. The van der Waals surface area contributed by atoms with Gasteiger partial charge in [-0.2, -0.15) is 0 Å². The molecule has 0 saturated heterocycles.